The van der Waals surface area contributed by atoms with Crippen molar-refractivity contribution in [1.29, 1.82) is 0 Å². The summed E-state index contributed by atoms with van der Waals surface area (Å²) < 4.78 is 5.73. The second kappa shape index (κ2) is 5.73. The molecule has 0 bridgehead atoms. The van der Waals surface area contributed by atoms with Crippen molar-refractivity contribution in [3.8, 4) is 0 Å². The highest BCUT2D eigenvalue weighted by atomic mass is 79.9. The van der Waals surface area contributed by atoms with Crippen LogP contribution < -0.4 is 5.43 Å². The number of hydrogen-bond donors (Lipinski definition) is 0. The zero-order valence-corrected chi connectivity index (χ0v) is 12.8. The number of non-ortho nitro benzene ring substituents is 1. The van der Waals surface area contributed by atoms with Gasteiger partial charge in [0, 0.05) is 23.8 Å². The van der Waals surface area contributed by atoms with E-state index in [0.29, 0.717) is 11.3 Å². The first-order chi connectivity index (χ1) is 10.5. The Labute approximate surface area is 133 Å². The molecular formula is C16H10BrNO4. The predicted molar refractivity (Wildman–Crippen MR) is 88.1 cm³/mol. The van der Waals surface area contributed by atoms with Gasteiger partial charge in [-0.3, -0.25) is 14.9 Å². The van der Waals surface area contributed by atoms with Crippen molar-refractivity contribution in [1.82, 2.24) is 0 Å². The Hall–Kier alpha value is -2.47. The van der Waals surface area contributed by atoms with Crippen LogP contribution in [0.3, 0.4) is 0 Å². The highest BCUT2D eigenvalue weighted by Crippen LogP contribution is 2.25. The van der Waals surface area contributed by atoms with E-state index in [-0.39, 0.29) is 21.3 Å². The van der Waals surface area contributed by atoms with Crippen LogP contribution in [0.15, 0.2) is 63.9 Å². The van der Waals surface area contributed by atoms with Crippen LogP contribution in [0.1, 0.15) is 5.76 Å². The van der Waals surface area contributed by atoms with Crippen LogP contribution in [0.25, 0.3) is 16.5 Å². The van der Waals surface area contributed by atoms with Crippen molar-refractivity contribution in [2.45, 2.75) is 4.83 Å². The van der Waals surface area contributed by atoms with Crippen LogP contribution in [0.2, 0.25) is 0 Å². The van der Waals surface area contributed by atoms with E-state index in [4.69, 9.17) is 4.42 Å². The van der Waals surface area contributed by atoms with E-state index in [2.05, 4.69) is 15.9 Å². The third-order valence-electron chi connectivity index (χ3n) is 3.23. The van der Waals surface area contributed by atoms with Gasteiger partial charge in [0.1, 0.15) is 11.3 Å². The summed E-state index contributed by atoms with van der Waals surface area (Å²) in [5, 5.41) is 11.0. The molecule has 0 saturated carbocycles. The Bertz CT molecular complexity index is 908. The molecule has 0 saturated heterocycles. The zero-order chi connectivity index (χ0) is 15.7. The van der Waals surface area contributed by atoms with Crippen LogP contribution in [0.5, 0.6) is 0 Å². The lowest BCUT2D eigenvalue weighted by molar-refractivity contribution is -0.384. The Morgan fingerprint density at radius 2 is 2.05 bits per heavy atom. The quantitative estimate of drug-likeness (QED) is 0.461. The van der Waals surface area contributed by atoms with Gasteiger partial charge in [0.25, 0.3) is 5.69 Å². The number of hydrogen-bond acceptors (Lipinski definition) is 4. The fraction of sp³-hybridized carbons (Fsp3) is 0.0625. The van der Waals surface area contributed by atoms with E-state index in [1.54, 1.807) is 0 Å². The minimum Gasteiger partial charge on any atom is -0.456 e. The molecule has 1 aromatic heterocycles. The minimum atomic E-state index is -0.537. The lowest BCUT2D eigenvalue weighted by atomic mass is 10.1. The molecule has 6 heteroatoms. The number of benzene rings is 1. The summed E-state index contributed by atoms with van der Waals surface area (Å²) in [4.78, 5) is 22.5. The summed E-state index contributed by atoms with van der Waals surface area (Å²) in [6, 6.07) is 5.36. The number of nitro benzene ring substituents is 1. The molecule has 5 nitrogen and oxygen atoms in total. The van der Waals surface area contributed by atoms with Gasteiger partial charge in [0.15, 0.2) is 5.43 Å². The average Bonchev–Trinajstić information content (AvgIpc) is 2.71. The molecule has 0 fully saturated rings. The van der Waals surface area contributed by atoms with Gasteiger partial charge in [0.2, 0.25) is 0 Å². The van der Waals surface area contributed by atoms with Crippen molar-refractivity contribution in [3.05, 3.63) is 80.7 Å². The Morgan fingerprint density at radius 3 is 2.82 bits per heavy atom. The van der Waals surface area contributed by atoms with Crippen LogP contribution in [-0.4, -0.2) is 9.75 Å². The molecule has 0 N–H and O–H groups in total. The number of halogens is 1. The summed E-state index contributed by atoms with van der Waals surface area (Å²) in [5.41, 5.74) is 0.651. The number of fused-ring (bicyclic) bond motifs is 1. The highest BCUT2D eigenvalue weighted by molar-refractivity contribution is 9.09. The van der Waals surface area contributed by atoms with E-state index in [1.165, 1.54) is 24.3 Å². The number of nitro groups is 1. The molecule has 3 rings (SSSR count). The molecule has 0 amide bonds. The number of alkyl halides is 1. The van der Waals surface area contributed by atoms with E-state index < -0.39 is 4.92 Å². The maximum atomic E-state index is 12.2. The van der Waals surface area contributed by atoms with Crippen LogP contribution in [0.4, 0.5) is 5.69 Å². The SMILES string of the molecule is O=c1cc(C2=CC(Br)C=CC=C2)oc2ccc([N+](=O)[O-])cc12. The summed E-state index contributed by atoms with van der Waals surface area (Å²) in [7, 11) is 0. The van der Waals surface area contributed by atoms with Crippen molar-refractivity contribution >= 4 is 38.2 Å². The van der Waals surface area contributed by atoms with E-state index in [0.717, 1.165) is 5.57 Å². The third-order valence-corrected chi connectivity index (χ3v) is 3.80. The lowest BCUT2D eigenvalue weighted by Crippen LogP contribution is -2.03. The molecule has 0 aliphatic heterocycles. The van der Waals surface area contributed by atoms with Gasteiger partial charge in [0.05, 0.1) is 15.1 Å². The topological polar surface area (TPSA) is 73.3 Å². The summed E-state index contributed by atoms with van der Waals surface area (Å²) in [6.45, 7) is 0. The lowest BCUT2D eigenvalue weighted by Gasteiger charge is -2.05. The first kappa shape index (κ1) is 14.5. The molecule has 1 unspecified atom stereocenters. The molecule has 2 aromatic rings. The molecule has 0 spiro atoms. The molecule has 1 aliphatic rings. The summed E-state index contributed by atoms with van der Waals surface area (Å²) in [5.74, 6) is 0.427. The van der Waals surface area contributed by atoms with Gasteiger partial charge in [-0.2, -0.15) is 0 Å². The normalized spacial score (nSPS) is 17.3. The third kappa shape index (κ3) is 2.78. The first-order valence-corrected chi connectivity index (χ1v) is 7.39. The number of allylic oxidation sites excluding steroid dienone is 6. The summed E-state index contributed by atoms with van der Waals surface area (Å²) >= 11 is 3.47. The second-order valence-corrected chi connectivity index (χ2v) is 5.78. The van der Waals surface area contributed by atoms with Gasteiger partial charge in [-0.05, 0) is 6.07 Å². The number of nitrogens with zero attached hydrogens (tertiary/aromatic N) is 1. The molecule has 110 valence electrons. The molecule has 1 aliphatic carbocycles. The molecule has 1 atom stereocenters. The van der Waals surface area contributed by atoms with Crippen LogP contribution >= 0.6 is 15.9 Å². The maximum Gasteiger partial charge on any atom is 0.270 e. The van der Waals surface area contributed by atoms with Gasteiger partial charge in [-0.15, -0.1) is 0 Å². The Morgan fingerprint density at radius 1 is 1.23 bits per heavy atom. The Balaban J connectivity index is 2.16. The first-order valence-electron chi connectivity index (χ1n) is 6.48. The predicted octanol–water partition coefficient (Wildman–Crippen LogP) is 3.97. The molecule has 22 heavy (non-hydrogen) atoms. The van der Waals surface area contributed by atoms with Crippen molar-refractivity contribution in [2.75, 3.05) is 0 Å². The molecule has 0 radical (unpaired) electrons. The molecule has 1 aromatic carbocycles. The summed E-state index contributed by atoms with van der Waals surface area (Å²) in [6.07, 6.45) is 9.45. The zero-order valence-electron chi connectivity index (χ0n) is 11.2. The van der Waals surface area contributed by atoms with Gasteiger partial charge < -0.3 is 4.42 Å². The molecule has 1 heterocycles. The van der Waals surface area contributed by atoms with E-state index in [1.807, 2.05) is 30.4 Å². The van der Waals surface area contributed by atoms with E-state index >= 15 is 0 Å². The fourth-order valence-corrected chi connectivity index (χ4v) is 2.64. The standard InChI is InChI=1S/C16H10BrNO4/c17-11-4-2-1-3-10(7-11)16-9-14(19)13-8-12(18(20)21)5-6-15(13)22-16/h1-9,11H. The molecular weight excluding hydrogens is 350 g/mol. The minimum absolute atomic E-state index is 0.0374. The van der Waals surface area contributed by atoms with Crippen molar-refractivity contribution in [3.63, 3.8) is 0 Å². The van der Waals surface area contributed by atoms with Crippen molar-refractivity contribution in [2.24, 2.45) is 0 Å². The average molecular weight is 360 g/mol. The second-order valence-electron chi connectivity index (χ2n) is 4.72. The number of rotatable bonds is 2. The van der Waals surface area contributed by atoms with Crippen molar-refractivity contribution < 1.29 is 9.34 Å². The largest absolute Gasteiger partial charge is 0.456 e. The fourth-order valence-electron chi connectivity index (χ4n) is 2.18. The van der Waals surface area contributed by atoms with Gasteiger partial charge >= 0.3 is 0 Å². The van der Waals surface area contributed by atoms with Gasteiger partial charge in [-0.1, -0.05) is 46.3 Å². The highest BCUT2D eigenvalue weighted by Gasteiger charge is 2.13. The maximum absolute atomic E-state index is 12.2. The smallest absolute Gasteiger partial charge is 0.270 e. The van der Waals surface area contributed by atoms with Crippen LogP contribution in [-0.2, 0) is 0 Å². The van der Waals surface area contributed by atoms with E-state index in [9.17, 15) is 14.9 Å². The van der Waals surface area contributed by atoms with Gasteiger partial charge in [-0.25, -0.2) is 0 Å². The van der Waals surface area contributed by atoms with Crippen LogP contribution in [0, 0.1) is 10.1 Å². The monoisotopic (exact) mass is 359 g/mol. The Kier molecular flexibility index (Phi) is 3.77.